The van der Waals surface area contributed by atoms with Crippen molar-refractivity contribution in [3.63, 3.8) is 0 Å². The normalized spacial score (nSPS) is 11.1. The Balaban J connectivity index is 1.44. The molecule has 7 heteroatoms. The van der Waals surface area contributed by atoms with Gasteiger partial charge in [0.2, 0.25) is 0 Å². The number of hydrazone groups is 1. The summed E-state index contributed by atoms with van der Waals surface area (Å²) in [6.07, 6.45) is 1.54. The summed E-state index contributed by atoms with van der Waals surface area (Å²) in [5.74, 6) is -0.746. The molecule has 0 radical (unpaired) electrons. The molecule has 1 heterocycles. The highest BCUT2D eigenvalue weighted by Crippen LogP contribution is 2.25. The first-order valence-corrected chi connectivity index (χ1v) is 10.4. The molecule has 1 aromatic heterocycles. The van der Waals surface area contributed by atoms with Crippen LogP contribution in [0, 0.1) is 13.8 Å². The van der Waals surface area contributed by atoms with Gasteiger partial charge in [0, 0.05) is 22.3 Å². The van der Waals surface area contributed by atoms with Crippen LogP contribution in [0.25, 0.3) is 16.5 Å². The minimum atomic E-state index is -0.994. The molecule has 0 bridgehead atoms. The number of hydrogen-bond donors (Lipinski definition) is 2. The summed E-state index contributed by atoms with van der Waals surface area (Å²) in [6.45, 7) is 3.59. The average Bonchev–Trinajstić information content (AvgIpc) is 3.10. The number of fused-ring (bicyclic) bond motifs is 1. The smallest absolute Gasteiger partial charge is 0.337 e. The second kappa shape index (κ2) is 9.40. The third-order valence-corrected chi connectivity index (χ3v) is 5.35. The summed E-state index contributed by atoms with van der Waals surface area (Å²) in [5.41, 5.74) is 5.70. The molecule has 0 aliphatic carbocycles. The van der Waals surface area contributed by atoms with E-state index < -0.39 is 5.97 Å². The zero-order valence-corrected chi connectivity index (χ0v) is 18.3. The molecule has 0 spiro atoms. The largest absolute Gasteiger partial charge is 0.483 e. The number of ether oxygens (including phenoxy) is 1. The van der Waals surface area contributed by atoms with E-state index in [0.29, 0.717) is 11.4 Å². The van der Waals surface area contributed by atoms with Gasteiger partial charge in [0.15, 0.2) is 6.61 Å². The van der Waals surface area contributed by atoms with Gasteiger partial charge >= 0.3 is 5.97 Å². The lowest BCUT2D eigenvalue weighted by molar-refractivity contribution is -0.123. The summed E-state index contributed by atoms with van der Waals surface area (Å²) in [5, 5.41) is 15.5. The number of para-hydroxylation sites is 1. The molecule has 7 nitrogen and oxygen atoms in total. The molecule has 0 saturated heterocycles. The van der Waals surface area contributed by atoms with Crippen molar-refractivity contribution in [2.45, 2.75) is 13.8 Å². The first-order valence-electron chi connectivity index (χ1n) is 10.4. The van der Waals surface area contributed by atoms with Crippen LogP contribution in [-0.2, 0) is 4.79 Å². The number of nitrogens with one attached hydrogen (secondary N) is 1. The predicted octanol–water partition coefficient (Wildman–Crippen LogP) is 4.47. The number of aromatic carboxylic acids is 1. The monoisotopic (exact) mass is 441 g/mol. The summed E-state index contributed by atoms with van der Waals surface area (Å²) in [7, 11) is 0. The molecule has 0 unspecified atom stereocenters. The number of carboxylic acid groups (broad SMARTS) is 1. The van der Waals surface area contributed by atoms with E-state index in [2.05, 4.69) is 10.5 Å². The van der Waals surface area contributed by atoms with Crippen LogP contribution >= 0.6 is 0 Å². The van der Waals surface area contributed by atoms with Crippen LogP contribution in [0.3, 0.4) is 0 Å². The van der Waals surface area contributed by atoms with Crippen molar-refractivity contribution in [1.82, 2.24) is 9.99 Å². The summed E-state index contributed by atoms with van der Waals surface area (Å²) < 4.78 is 7.54. The molecule has 0 atom stereocenters. The number of rotatable bonds is 7. The highest BCUT2D eigenvalue weighted by atomic mass is 16.5. The van der Waals surface area contributed by atoms with E-state index in [-0.39, 0.29) is 18.1 Å². The van der Waals surface area contributed by atoms with E-state index in [4.69, 9.17) is 4.74 Å². The zero-order chi connectivity index (χ0) is 23.4. The SMILES string of the molecule is Cc1cc(/C=N/NC(=O)COc2cccc3ccccc23)c(C)n1-c1ccccc1C(=O)O. The van der Waals surface area contributed by atoms with Crippen molar-refractivity contribution >= 4 is 28.9 Å². The highest BCUT2D eigenvalue weighted by molar-refractivity contribution is 5.92. The number of carbonyl (C=O) groups is 2. The van der Waals surface area contributed by atoms with Crippen LogP contribution in [0.4, 0.5) is 0 Å². The molecule has 33 heavy (non-hydrogen) atoms. The van der Waals surface area contributed by atoms with Gasteiger partial charge < -0.3 is 14.4 Å². The summed E-state index contributed by atoms with van der Waals surface area (Å²) in [6, 6.07) is 22.2. The lowest BCUT2D eigenvalue weighted by Gasteiger charge is -2.12. The van der Waals surface area contributed by atoms with Gasteiger partial charge in [-0.3, -0.25) is 4.79 Å². The maximum absolute atomic E-state index is 12.2. The van der Waals surface area contributed by atoms with Gasteiger partial charge in [-0.15, -0.1) is 0 Å². The molecular weight excluding hydrogens is 418 g/mol. The Labute approximate surface area is 190 Å². The Kier molecular flexibility index (Phi) is 6.22. The second-order valence-corrected chi connectivity index (χ2v) is 7.54. The number of carbonyl (C=O) groups excluding carboxylic acids is 1. The van der Waals surface area contributed by atoms with Gasteiger partial charge in [-0.25, -0.2) is 10.2 Å². The van der Waals surface area contributed by atoms with Crippen molar-refractivity contribution in [3.05, 3.63) is 95.3 Å². The Morgan fingerprint density at radius 1 is 1.03 bits per heavy atom. The Bertz CT molecular complexity index is 1370. The van der Waals surface area contributed by atoms with E-state index >= 15 is 0 Å². The number of aryl methyl sites for hydroxylation is 1. The third-order valence-electron chi connectivity index (χ3n) is 5.35. The predicted molar refractivity (Wildman–Crippen MR) is 127 cm³/mol. The molecule has 1 amide bonds. The molecule has 4 aromatic rings. The van der Waals surface area contributed by atoms with Crippen LogP contribution in [-0.4, -0.2) is 34.4 Å². The molecule has 2 N–H and O–H groups in total. The van der Waals surface area contributed by atoms with Crippen molar-refractivity contribution < 1.29 is 19.4 Å². The molecular formula is C26H23N3O4. The van der Waals surface area contributed by atoms with E-state index in [1.54, 1.807) is 24.3 Å². The van der Waals surface area contributed by atoms with Crippen LogP contribution in [0.2, 0.25) is 0 Å². The van der Waals surface area contributed by atoms with Gasteiger partial charge in [-0.05, 0) is 43.5 Å². The number of benzene rings is 3. The van der Waals surface area contributed by atoms with Crippen molar-refractivity contribution in [3.8, 4) is 11.4 Å². The topological polar surface area (TPSA) is 92.9 Å². The Morgan fingerprint density at radius 3 is 2.58 bits per heavy atom. The number of amides is 1. The average molecular weight is 441 g/mol. The quantitative estimate of drug-likeness (QED) is 0.327. The maximum atomic E-state index is 12.2. The molecule has 0 aliphatic heterocycles. The number of carboxylic acids is 1. The van der Waals surface area contributed by atoms with Crippen LogP contribution in [0.5, 0.6) is 5.75 Å². The molecule has 0 aliphatic rings. The summed E-state index contributed by atoms with van der Waals surface area (Å²) in [4.78, 5) is 23.8. The first kappa shape index (κ1) is 21.8. The Hall–Kier alpha value is -4.39. The minimum Gasteiger partial charge on any atom is -0.483 e. The highest BCUT2D eigenvalue weighted by Gasteiger charge is 2.16. The number of nitrogens with zero attached hydrogens (tertiary/aromatic N) is 2. The van der Waals surface area contributed by atoms with Gasteiger partial charge in [0.05, 0.1) is 17.5 Å². The lowest BCUT2D eigenvalue weighted by Crippen LogP contribution is -2.24. The van der Waals surface area contributed by atoms with Crippen LogP contribution in [0.1, 0.15) is 27.3 Å². The van der Waals surface area contributed by atoms with Gasteiger partial charge in [-0.1, -0.05) is 48.5 Å². The fourth-order valence-electron chi connectivity index (χ4n) is 3.81. The maximum Gasteiger partial charge on any atom is 0.337 e. The second-order valence-electron chi connectivity index (χ2n) is 7.54. The molecule has 166 valence electrons. The zero-order valence-electron chi connectivity index (χ0n) is 18.3. The van der Waals surface area contributed by atoms with E-state index in [1.165, 1.54) is 6.21 Å². The minimum absolute atomic E-state index is 0.170. The standard InChI is InChI=1S/C26H23N3O4/c1-17-14-20(18(2)29(17)23-12-6-5-11-22(23)26(31)32)15-27-28-25(30)16-33-24-13-7-9-19-8-3-4-10-21(19)24/h3-15H,16H2,1-2H3,(H,28,30)(H,31,32)/b27-15+. The lowest BCUT2D eigenvalue weighted by atomic mass is 10.1. The van der Waals surface area contributed by atoms with Crippen LogP contribution < -0.4 is 10.2 Å². The van der Waals surface area contributed by atoms with E-state index in [9.17, 15) is 14.7 Å². The molecule has 0 fully saturated rings. The molecule has 0 saturated carbocycles. The van der Waals surface area contributed by atoms with Crippen molar-refractivity contribution in [2.24, 2.45) is 5.10 Å². The number of hydrogen-bond acceptors (Lipinski definition) is 4. The molecule has 4 rings (SSSR count). The van der Waals surface area contributed by atoms with Gasteiger partial charge in [0.1, 0.15) is 5.75 Å². The third kappa shape index (κ3) is 4.62. The van der Waals surface area contributed by atoms with Gasteiger partial charge in [0.25, 0.3) is 5.91 Å². The Morgan fingerprint density at radius 2 is 1.76 bits per heavy atom. The number of aromatic nitrogens is 1. The van der Waals surface area contributed by atoms with Crippen molar-refractivity contribution in [2.75, 3.05) is 6.61 Å². The molecule has 3 aromatic carbocycles. The summed E-state index contributed by atoms with van der Waals surface area (Å²) >= 11 is 0. The van der Waals surface area contributed by atoms with E-state index in [1.807, 2.05) is 66.9 Å². The fraction of sp³-hybridized carbons (Fsp3) is 0.115. The first-order chi connectivity index (χ1) is 16.0. The van der Waals surface area contributed by atoms with E-state index in [0.717, 1.165) is 27.7 Å². The fourth-order valence-corrected chi connectivity index (χ4v) is 3.81. The van der Waals surface area contributed by atoms with Gasteiger partial charge in [-0.2, -0.15) is 5.10 Å². The van der Waals surface area contributed by atoms with Crippen LogP contribution in [0.15, 0.2) is 77.9 Å². The van der Waals surface area contributed by atoms with Crippen molar-refractivity contribution in [1.29, 1.82) is 0 Å².